The molecule has 0 saturated carbocycles. The van der Waals surface area contributed by atoms with Crippen molar-refractivity contribution in [2.24, 2.45) is 5.73 Å². The summed E-state index contributed by atoms with van der Waals surface area (Å²) in [5.74, 6) is -0.410. The topological polar surface area (TPSA) is 61.6 Å². The Hall–Kier alpha value is -0.610. The first-order chi connectivity index (χ1) is 5.77. The molecule has 1 amide bonds. The molecule has 12 heavy (non-hydrogen) atoms. The Labute approximate surface area is 73.0 Å². The molecule has 0 heterocycles. The molecule has 0 aliphatic heterocycles. The molecule has 0 aliphatic rings. The summed E-state index contributed by atoms with van der Waals surface area (Å²) in [5.41, 5.74) is 4.87. The molecule has 0 aliphatic carbocycles. The first-order valence-electron chi connectivity index (χ1n) is 4.12. The van der Waals surface area contributed by atoms with E-state index in [1.807, 2.05) is 0 Å². The third-order valence-corrected chi connectivity index (χ3v) is 1.38. The highest BCUT2D eigenvalue weighted by atomic mass is 16.5. The van der Waals surface area contributed by atoms with Gasteiger partial charge in [-0.15, -0.1) is 0 Å². The lowest BCUT2D eigenvalue weighted by Gasteiger charge is -2.01. The molecule has 4 heteroatoms. The van der Waals surface area contributed by atoms with Gasteiger partial charge in [0.05, 0.1) is 0 Å². The van der Waals surface area contributed by atoms with Gasteiger partial charge >= 0.3 is 0 Å². The zero-order valence-electron chi connectivity index (χ0n) is 7.54. The van der Waals surface area contributed by atoms with Gasteiger partial charge in [0, 0.05) is 20.3 Å². The highest BCUT2D eigenvalue weighted by Gasteiger charge is 1.93. The number of hydrogen-bond acceptors (Lipinski definition) is 3. The molecule has 0 aromatic heterocycles. The Morgan fingerprint density at radius 3 is 2.50 bits per heavy atom. The molecule has 0 aromatic rings. The Morgan fingerprint density at radius 1 is 1.25 bits per heavy atom. The van der Waals surface area contributed by atoms with Crippen LogP contribution in [0.15, 0.2) is 0 Å². The van der Waals surface area contributed by atoms with E-state index in [-0.39, 0.29) is 6.61 Å². The molecule has 0 saturated heterocycles. The second-order valence-electron chi connectivity index (χ2n) is 2.57. The number of carbonyl (C=O) groups excluding carboxylic acids is 1. The van der Waals surface area contributed by atoms with Gasteiger partial charge in [-0.05, 0) is 19.3 Å². The van der Waals surface area contributed by atoms with Crippen LogP contribution in [0.4, 0.5) is 0 Å². The van der Waals surface area contributed by atoms with E-state index < -0.39 is 5.91 Å². The first-order valence-corrected chi connectivity index (χ1v) is 4.12. The number of nitrogens with two attached hydrogens (primary N) is 1. The Morgan fingerprint density at radius 2 is 1.92 bits per heavy atom. The largest absolute Gasteiger partial charge is 0.385 e. The zero-order valence-corrected chi connectivity index (χ0v) is 7.54. The number of carbonyl (C=O) groups is 1. The lowest BCUT2D eigenvalue weighted by molar-refractivity contribution is -0.122. The van der Waals surface area contributed by atoms with Crippen molar-refractivity contribution in [3.05, 3.63) is 0 Å². The maximum atomic E-state index is 10.2. The molecule has 0 radical (unpaired) electrons. The lowest BCUT2D eigenvalue weighted by atomic mass is 10.2. The Kier molecular flexibility index (Phi) is 8.05. The third-order valence-electron chi connectivity index (χ3n) is 1.38. The minimum atomic E-state index is -0.410. The molecular formula is C8H17NO3. The van der Waals surface area contributed by atoms with Crippen molar-refractivity contribution in [2.75, 3.05) is 26.9 Å². The van der Waals surface area contributed by atoms with Gasteiger partial charge in [0.15, 0.2) is 0 Å². The molecule has 0 rings (SSSR count). The standard InChI is InChI=1S/C8H17NO3/c1-11-5-3-2-4-6-12-7-8(9)10/h2-7H2,1H3,(H2,9,10). The molecule has 0 atom stereocenters. The van der Waals surface area contributed by atoms with E-state index >= 15 is 0 Å². The predicted molar refractivity (Wildman–Crippen MR) is 45.7 cm³/mol. The van der Waals surface area contributed by atoms with Crippen molar-refractivity contribution in [2.45, 2.75) is 19.3 Å². The van der Waals surface area contributed by atoms with Crippen LogP contribution in [0.2, 0.25) is 0 Å². The van der Waals surface area contributed by atoms with Gasteiger partial charge in [-0.25, -0.2) is 0 Å². The summed E-state index contributed by atoms with van der Waals surface area (Å²) in [6.45, 7) is 1.42. The van der Waals surface area contributed by atoms with E-state index in [2.05, 4.69) is 0 Å². The smallest absolute Gasteiger partial charge is 0.243 e. The molecule has 0 spiro atoms. The van der Waals surface area contributed by atoms with Crippen LogP contribution in [0.3, 0.4) is 0 Å². The second kappa shape index (κ2) is 8.49. The quantitative estimate of drug-likeness (QED) is 0.540. The number of rotatable bonds is 8. The van der Waals surface area contributed by atoms with Gasteiger partial charge in [0.25, 0.3) is 0 Å². The molecule has 0 bridgehead atoms. The van der Waals surface area contributed by atoms with Crippen molar-refractivity contribution >= 4 is 5.91 Å². The summed E-state index contributed by atoms with van der Waals surface area (Å²) in [6.07, 6.45) is 3.06. The fraction of sp³-hybridized carbons (Fsp3) is 0.875. The van der Waals surface area contributed by atoms with Crippen LogP contribution < -0.4 is 5.73 Å². The molecule has 0 fully saturated rings. The van der Waals surface area contributed by atoms with Crippen molar-refractivity contribution in [3.8, 4) is 0 Å². The summed E-state index contributed by atoms with van der Waals surface area (Å²) < 4.78 is 9.83. The van der Waals surface area contributed by atoms with Crippen LogP contribution in [0.1, 0.15) is 19.3 Å². The summed E-state index contributed by atoms with van der Waals surface area (Å²) in [6, 6.07) is 0. The summed E-state index contributed by atoms with van der Waals surface area (Å²) >= 11 is 0. The Bertz CT molecular complexity index is 117. The van der Waals surface area contributed by atoms with E-state index in [1.165, 1.54) is 0 Å². The fourth-order valence-electron chi connectivity index (χ4n) is 0.800. The average Bonchev–Trinajstić information content (AvgIpc) is 2.02. The molecule has 72 valence electrons. The van der Waals surface area contributed by atoms with Gasteiger partial charge in [-0.3, -0.25) is 4.79 Å². The summed E-state index contributed by atoms with van der Waals surface area (Å²) in [5, 5.41) is 0. The van der Waals surface area contributed by atoms with Crippen molar-refractivity contribution < 1.29 is 14.3 Å². The molecule has 0 unspecified atom stereocenters. The van der Waals surface area contributed by atoms with Crippen LogP contribution in [0.25, 0.3) is 0 Å². The second-order valence-corrected chi connectivity index (χ2v) is 2.57. The average molecular weight is 175 g/mol. The van der Waals surface area contributed by atoms with E-state index in [4.69, 9.17) is 15.2 Å². The van der Waals surface area contributed by atoms with Crippen LogP contribution >= 0.6 is 0 Å². The van der Waals surface area contributed by atoms with Crippen LogP contribution in [0, 0.1) is 0 Å². The van der Waals surface area contributed by atoms with E-state index in [0.29, 0.717) is 6.61 Å². The lowest BCUT2D eigenvalue weighted by Crippen LogP contribution is -2.18. The van der Waals surface area contributed by atoms with E-state index in [9.17, 15) is 4.79 Å². The van der Waals surface area contributed by atoms with Gasteiger partial charge < -0.3 is 15.2 Å². The molecular weight excluding hydrogens is 158 g/mol. The first kappa shape index (κ1) is 11.4. The Balaban J connectivity index is 2.86. The van der Waals surface area contributed by atoms with Gasteiger partial charge in [0.1, 0.15) is 6.61 Å². The maximum Gasteiger partial charge on any atom is 0.243 e. The van der Waals surface area contributed by atoms with Crippen molar-refractivity contribution in [1.29, 1.82) is 0 Å². The fourth-order valence-corrected chi connectivity index (χ4v) is 0.800. The SMILES string of the molecule is COCCCCCOCC(N)=O. The number of unbranched alkanes of at least 4 members (excludes halogenated alkanes) is 2. The van der Waals surface area contributed by atoms with Crippen molar-refractivity contribution in [1.82, 2.24) is 0 Å². The highest BCUT2D eigenvalue weighted by Crippen LogP contribution is 1.95. The molecule has 4 nitrogen and oxygen atoms in total. The van der Waals surface area contributed by atoms with Gasteiger partial charge in [-0.1, -0.05) is 0 Å². The molecule has 2 N–H and O–H groups in total. The minimum Gasteiger partial charge on any atom is -0.385 e. The van der Waals surface area contributed by atoms with Crippen LogP contribution in [-0.2, 0) is 14.3 Å². The monoisotopic (exact) mass is 175 g/mol. The molecule has 0 aromatic carbocycles. The zero-order chi connectivity index (χ0) is 9.23. The summed E-state index contributed by atoms with van der Waals surface area (Å²) in [4.78, 5) is 10.2. The van der Waals surface area contributed by atoms with E-state index in [0.717, 1.165) is 25.9 Å². The van der Waals surface area contributed by atoms with Gasteiger partial charge in [0.2, 0.25) is 5.91 Å². The summed E-state index contributed by atoms with van der Waals surface area (Å²) in [7, 11) is 1.68. The third kappa shape index (κ3) is 9.39. The van der Waals surface area contributed by atoms with Crippen molar-refractivity contribution in [3.63, 3.8) is 0 Å². The number of ether oxygens (including phenoxy) is 2. The predicted octanol–water partition coefficient (Wildman–Crippen LogP) is 0.305. The van der Waals surface area contributed by atoms with Gasteiger partial charge in [-0.2, -0.15) is 0 Å². The van der Waals surface area contributed by atoms with E-state index in [1.54, 1.807) is 7.11 Å². The van der Waals surface area contributed by atoms with Crippen LogP contribution in [0.5, 0.6) is 0 Å². The number of methoxy groups -OCH3 is 1. The maximum absolute atomic E-state index is 10.2. The number of amides is 1. The number of hydrogen-bond donors (Lipinski definition) is 1. The normalized spacial score (nSPS) is 10.1. The number of primary amides is 1. The van der Waals surface area contributed by atoms with Crippen LogP contribution in [-0.4, -0.2) is 32.8 Å². The highest BCUT2D eigenvalue weighted by molar-refractivity contribution is 5.74. The minimum absolute atomic E-state index is 0.0320.